The Labute approximate surface area is 100 Å². The summed E-state index contributed by atoms with van der Waals surface area (Å²) in [4.78, 5) is 8.20. The fraction of sp³-hybridized carbons (Fsp3) is 0.636. The maximum absolute atomic E-state index is 8.68. The van der Waals surface area contributed by atoms with Gasteiger partial charge in [-0.1, -0.05) is 13.8 Å². The van der Waals surface area contributed by atoms with Crippen LogP contribution in [0.4, 0.5) is 0 Å². The predicted molar refractivity (Wildman–Crippen MR) is 61.3 cm³/mol. The monoisotopic (exact) mass is 242 g/mol. The third-order valence-corrected chi connectivity index (χ3v) is 1.96. The average Bonchev–Trinajstić information content (AvgIpc) is 2.33. The number of aliphatic hydroxyl groups is 2. The molecule has 1 aromatic heterocycles. The number of aromatic nitrogens is 2. The Bertz CT molecular complexity index is 318. The van der Waals surface area contributed by atoms with E-state index in [2.05, 4.69) is 9.97 Å². The van der Waals surface area contributed by atoms with Crippen molar-refractivity contribution in [3.63, 3.8) is 0 Å². The van der Waals surface area contributed by atoms with E-state index < -0.39 is 0 Å². The lowest BCUT2D eigenvalue weighted by atomic mass is 10.1. The second-order valence-electron chi connectivity index (χ2n) is 3.71. The third-order valence-electron chi connectivity index (χ3n) is 1.96. The first-order valence-electron chi connectivity index (χ1n) is 5.53. The van der Waals surface area contributed by atoms with Gasteiger partial charge >= 0.3 is 6.01 Å². The minimum absolute atomic E-state index is 0.0756. The molecule has 0 aliphatic heterocycles. The van der Waals surface area contributed by atoms with Gasteiger partial charge < -0.3 is 19.7 Å². The summed E-state index contributed by atoms with van der Waals surface area (Å²) >= 11 is 0. The fourth-order valence-corrected chi connectivity index (χ4v) is 1.14. The molecule has 0 amide bonds. The first-order chi connectivity index (χ1) is 8.17. The Hall–Kier alpha value is -1.40. The lowest BCUT2D eigenvalue weighted by Gasteiger charge is -2.10. The highest BCUT2D eigenvalue weighted by molar-refractivity contribution is 5.20. The zero-order chi connectivity index (χ0) is 12.7. The molecule has 1 aromatic rings. The Morgan fingerprint density at radius 3 is 2.35 bits per heavy atom. The molecule has 0 aliphatic carbocycles. The first kappa shape index (κ1) is 13.7. The van der Waals surface area contributed by atoms with Crippen LogP contribution in [0.5, 0.6) is 11.9 Å². The van der Waals surface area contributed by atoms with Crippen molar-refractivity contribution in [2.24, 2.45) is 0 Å². The molecule has 96 valence electrons. The van der Waals surface area contributed by atoms with Crippen molar-refractivity contribution in [2.45, 2.75) is 19.8 Å². The molecule has 2 N–H and O–H groups in total. The van der Waals surface area contributed by atoms with Gasteiger partial charge in [0.15, 0.2) is 0 Å². The second-order valence-corrected chi connectivity index (χ2v) is 3.71. The molecule has 0 unspecified atom stereocenters. The molecule has 17 heavy (non-hydrogen) atoms. The molecule has 0 aliphatic rings. The van der Waals surface area contributed by atoms with E-state index >= 15 is 0 Å². The van der Waals surface area contributed by atoms with Crippen molar-refractivity contribution in [2.75, 3.05) is 26.4 Å². The van der Waals surface area contributed by atoms with Gasteiger partial charge in [-0.2, -0.15) is 9.97 Å². The normalized spacial score (nSPS) is 10.6. The van der Waals surface area contributed by atoms with Crippen LogP contribution < -0.4 is 9.47 Å². The van der Waals surface area contributed by atoms with Gasteiger partial charge in [-0.25, -0.2) is 0 Å². The molecule has 6 nitrogen and oxygen atoms in total. The third kappa shape index (κ3) is 4.54. The van der Waals surface area contributed by atoms with Crippen molar-refractivity contribution < 1.29 is 19.7 Å². The molecule has 1 heterocycles. The summed E-state index contributed by atoms with van der Waals surface area (Å²) in [5.74, 6) is 0.580. The molecule has 1 rings (SSSR count). The molecule has 0 atom stereocenters. The summed E-state index contributed by atoms with van der Waals surface area (Å²) in [7, 11) is 0. The van der Waals surface area contributed by atoms with Crippen LogP contribution in [0.2, 0.25) is 0 Å². The highest BCUT2D eigenvalue weighted by Gasteiger charge is 2.09. The number of nitrogens with zero attached hydrogens (tertiary/aromatic N) is 2. The van der Waals surface area contributed by atoms with Gasteiger partial charge in [-0.05, 0) is 5.92 Å². The zero-order valence-corrected chi connectivity index (χ0v) is 10.1. The number of ether oxygens (including phenoxy) is 2. The van der Waals surface area contributed by atoms with Gasteiger partial charge in [0.2, 0.25) is 5.88 Å². The van der Waals surface area contributed by atoms with Crippen molar-refractivity contribution in [1.82, 2.24) is 9.97 Å². The molecule has 0 radical (unpaired) electrons. The smallest absolute Gasteiger partial charge is 0.320 e. The Morgan fingerprint density at radius 1 is 1.12 bits per heavy atom. The Kier molecular flexibility index (Phi) is 5.65. The van der Waals surface area contributed by atoms with Gasteiger partial charge in [0.25, 0.3) is 0 Å². The Balaban J connectivity index is 2.84. The average molecular weight is 242 g/mol. The summed E-state index contributed by atoms with van der Waals surface area (Å²) in [5.41, 5.74) is 0.792. The van der Waals surface area contributed by atoms with Crippen LogP contribution in [0.3, 0.4) is 0 Å². The van der Waals surface area contributed by atoms with Gasteiger partial charge in [-0.3, -0.25) is 0 Å². The van der Waals surface area contributed by atoms with Crippen LogP contribution in [-0.4, -0.2) is 46.6 Å². The van der Waals surface area contributed by atoms with Crippen LogP contribution >= 0.6 is 0 Å². The quantitative estimate of drug-likeness (QED) is 0.717. The SMILES string of the molecule is CC(C)c1cc(OCCO)nc(OCCO)n1. The number of hydrogen-bond donors (Lipinski definition) is 2. The number of rotatable bonds is 7. The Morgan fingerprint density at radius 2 is 1.76 bits per heavy atom. The molecule has 0 saturated heterocycles. The molecule has 0 bridgehead atoms. The van der Waals surface area contributed by atoms with Crippen LogP contribution in [0.1, 0.15) is 25.5 Å². The molecular weight excluding hydrogens is 224 g/mol. The topological polar surface area (TPSA) is 84.7 Å². The summed E-state index contributed by atoms with van der Waals surface area (Å²) in [5, 5.41) is 17.4. The van der Waals surface area contributed by atoms with Gasteiger partial charge in [0.1, 0.15) is 13.2 Å². The van der Waals surface area contributed by atoms with Crippen molar-refractivity contribution in [1.29, 1.82) is 0 Å². The molecule has 0 aromatic carbocycles. The van der Waals surface area contributed by atoms with Crippen LogP contribution in [0.25, 0.3) is 0 Å². The fourth-order valence-electron chi connectivity index (χ4n) is 1.14. The maximum Gasteiger partial charge on any atom is 0.320 e. The van der Waals surface area contributed by atoms with Crippen molar-refractivity contribution >= 4 is 0 Å². The molecule has 0 saturated carbocycles. The number of aliphatic hydroxyl groups excluding tert-OH is 2. The molecule has 0 spiro atoms. The van der Waals surface area contributed by atoms with Crippen molar-refractivity contribution in [3.05, 3.63) is 11.8 Å². The van der Waals surface area contributed by atoms with E-state index in [4.69, 9.17) is 19.7 Å². The predicted octanol–water partition coefficient (Wildman–Crippen LogP) is 0.342. The van der Waals surface area contributed by atoms with E-state index in [0.717, 1.165) is 5.69 Å². The summed E-state index contributed by atoms with van der Waals surface area (Å²) < 4.78 is 10.4. The molecular formula is C11H18N2O4. The lowest BCUT2D eigenvalue weighted by Crippen LogP contribution is -2.09. The summed E-state index contributed by atoms with van der Waals surface area (Å²) in [6.45, 7) is 4.13. The number of hydrogen-bond acceptors (Lipinski definition) is 6. The highest BCUT2D eigenvalue weighted by atomic mass is 16.5. The minimum Gasteiger partial charge on any atom is -0.475 e. The maximum atomic E-state index is 8.68. The van der Waals surface area contributed by atoms with Gasteiger partial charge in [0.05, 0.1) is 18.9 Å². The van der Waals surface area contributed by atoms with E-state index in [9.17, 15) is 0 Å². The first-order valence-corrected chi connectivity index (χ1v) is 5.53. The van der Waals surface area contributed by atoms with E-state index in [0.29, 0.717) is 5.88 Å². The van der Waals surface area contributed by atoms with Crippen LogP contribution in [-0.2, 0) is 0 Å². The molecule has 6 heteroatoms. The molecule has 0 fully saturated rings. The van der Waals surface area contributed by atoms with E-state index in [1.807, 2.05) is 13.8 Å². The van der Waals surface area contributed by atoms with E-state index in [1.165, 1.54) is 0 Å². The standard InChI is InChI=1S/C11H18N2O4/c1-8(2)9-7-10(16-5-3-14)13-11(12-9)17-6-4-15/h7-8,14-15H,3-6H2,1-2H3. The van der Waals surface area contributed by atoms with Crippen LogP contribution in [0.15, 0.2) is 6.07 Å². The van der Waals surface area contributed by atoms with E-state index in [-0.39, 0.29) is 38.4 Å². The minimum atomic E-state index is -0.0951. The largest absolute Gasteiger partial charge is 0.475 e. The van der Waals surface area contributed by atoms with Gasteiger partial charge in [0, 0.05) is 6.07 Å². The highest BCUT2D eigenvalue weighted by Crippen LogP contribution is 2.20. The lowest BCUT2D eigenvalue weighted by molar-refractivity contribution is 0.180. The van der Waals surface area contributed by atoms with Gasteiger partial charge in [-0.15, -0.1) is 0 Å². The van der Waals surface area contributed by atoms with Crippen molar-refractivity contribution in [3.8, 4) is 11.9 Å². The summed E-state index contributed by atoms with van der Waals surface area (Å²) in [6.07, 6.45) is 0. The van der Waals surface area contributed by atoms with Crippen LogP contribution in [0, 0.1) is 0 Å². The van der Waals surface area contributed by atoms with E-state index in [1.54, 1.807) is 6.07 Å². The summed E-state index contributed by atoms with van der Waals surface area (Å²) in [6, 6.07) is 1.89. The second kappa shape index (κ2) is 7.03. The zero-order valence-electron chi connectivity index (χ0n) is 10.1.